The Morgan fingerprint density at radius 2 is 1.81 bits per heavy atom. The molecule has 3 aliphatic rings. The first-order valence-corrected chi connectivity index (χ1v) is 9.76. The fourth-order valence-corrected chi connectivity index (χ4v) is 4.73. The number of carbonyl (C=O) groups excluding carboxylic acids is 1. The summed E-state index contributed by atoms with van der Waals surface area (Å²) in [5, 5.41) is 2.68. The Balaban J connectivity index is 1.63. The highest BCUT2D eigenvalue weighted by molar-refractivity contribution is 5.94. The zero-order valence-corrected chi connectivity index (χ0v) is 15.6. The van der Waals surface area contributed by atoms with Crippen LogP contribution in [0.25, 0.3) is 22.4 Å². The summed E-state index contributed by atoms with van der Waals surface area (Å²) in [5.74, 6) is 1.67. The first kappa shape index (κ1) is 16.5. The summed E-state index contributed by atoms with van der Waals surface area (Å²) >= 11 is 0. The van der Waals surface area contributed by atoms with Crippen LogP contribution in [-0.2, 0) is 0 Å². The molecule has 6 rings (SSSR count). The lowest BCUT2D eigenvalue weighted by molar-refractivity contribution is 0.0595. The Hall–Kier alpha value is -2.66. The van der Waals surface area contributed by atoms with Gasteiger partial charge < -0.3 is 14.8 Å². The Bertz CT molecular complexity index is 983. The van der Waals surface area contributed by atoms with Crippen molar-refractivity contribution in [1.82, 2.24) is 19.8 Å². The number of nitrogens with zero attached hydrogens (tertiary/aromatic N) is 3. The van der Waals surface area contributed by atoms with E-state index in [-0.39, 0.29) is 5.91 Å². The smallest absolute Gasteiger partial charge is 0.251 e. The minimum Gasteiger partial charge on any atom is -0.355 e. The molecule has 0 saturated carbocycles. The van der Waals surface area contributed by atoms with Crippen molar-refractivity contribution in [1.29, 1.82) is 0 Å². The molecule has 5 heteroatoms. The van der Waals surface area contributed by atoms with Crippen LogP contribution in [0.3, 0.4) is 0 Å². The molecule has 2 aromatic carbocycles. The van der Waals surface area contributed by atoms with Gasteiger partial charge in [0.15, 0.2) is 0 Å². The van der Waals surface area contributed by atoms with Gasteiger partial charge in [-0.05, 0) is 56.1 Å². The van der Waals surface area contributed by atoms with Crippen LogP contribution in [0.15, 0.2) is 48.5 Å². The quantitative estimate of drug-likeness (QED) is 0.779. The monoisotopic (exact) mass is 360 g/mol. The van der Waals surface area contributed by atoms with E-state index in [2.05, 4.69) is 39.0 Å². The van der Waals surface area contributed by atoms with E-state index >= 15 is 0 Å². The van der Waals surface area contributed by atoms with Gasteiger partial charge in [-0.1, -0.05) is 24.3 Å². The van der Waals surface area contributed by atoms with Crippen LogP contribution < -0.4 is 5.32 Å². The van der Waals surface area contributed by atoms with Crippen LogP contribution in [0.2, 0.25) is 0 Å². The molecule has 0 aliphatic carbocycles. The molecule has 2 bridgehead atoms. The zero-order chi connectivity index (χ0) is 18.4. The van der Waals surface area contributed by atoms with Crippen LogP contribution in [-0.4, -0.2) is 47.0 Å². The van der Waals surface area contributed by atoms with Crippen LogP contribution in [0.4, 0.5) is 0 Å². The van der Waals surface area contributed by atoms with Crippen molar-refractivity contribution in [2.75, 3.05) is 26.7 Å². The molecule has 4 heterocycles. The molecule has 0 unspecified atom stereocenters. The molecule has 3 saturated heterocycles. The standard InChI is InChI=1S/C22H24N4O/c1-23-22(27)17-8-6-16(7-9-17)21-24-18-4-2-3-5-19(18)26(21)20-14-25-12-10-15(20)11-13-25/h2-9,15,20H,10-14H2,1H3,(H,23,27)/t20-/m0/s1. The average molecular weight is 360 g/mol. The van der Waals surface area contributed by atoms with E-state index in [0.29, 0.717) is 11.6 Å². The number of imidazole rings is 1. The lowest BCUT2D eigenvalue weighted by Crippen LogP contribution is -2.48. The summed E-state index contributed by atoms with van der Waals surface area (Å²) in [6.45, 7) is 3.56. The third-order valence-corrected chi connectivity index (χ3v) is 6.18. The number of hydrogen-bond acceptors (Lipinski definition) is 3. The highest BCUT2D eigenvalue weighted by Crippen LogP contribution is 2.40. The highest BCUT2D eigenvalue weighted by atomic mass is 16.1. The number of piperidine rings is 3. The van der Waals surface area contributed by atoms with Crippen LogP contribution >= 0.6 is 0 Å². The molecule has 138 valence electrons. The van der Waals surface area contributed by atoms with Crippen molar-refractivity contribution in [3.63, 3.8) is 0 Å². The molecule has 1 atom stereocenters. The number of aromatic nitrogens is 2. The molecular weight excluding hydrogens is 336 g/mol. The van der Waals surface area contributed by atoms with Gasteiger partial charge in [0.25, 0.3) is 5.91 Å². The second kappa shape index (κ2) is 6.50. The van der Waals surface area contributed by atoms with Gasteiger partial charge in [-0.15, -0.1) is 0 Å². The molecule has 3 fully saturated rings. The summed E-state index contributed by atoms with van der Waals surface area (Å²) in [7, 11) is 1.66. The molecule has 0 spiro atoms. The predicted octanol–water partition coefficient (Wildman–Crippen LogP) is 3.33. The van der Waals surface area contributed by atoms with Crippen LogP contribution in [0.5, 0.6) is 0 Å². The average Bonchev–Trinajstić information content (AvgIpc) is 3.13. The second-order valence-electron chi connectivity index (χ2n) is 7.66. The van der Waals surface area contributed by atoms with Gasteiger partial charge in [-0.25, -0.2) is 4.98 Å². The predicted molar refractivity (Wildman–Crippen MR) is 107 cm³/mol. The summed E-state index contributed by atoms with van der Waals surface area (Å²) < 4.78 is 2.46. The summed E-state index contributed by atoms with van der Waals surface area (Å²) in [6.07, 6.45) is 2.54. The van der Waals surface area contributed by atoms with Gasteiger partial charge in [0.1, 0.15) is 5.82 Å². The number of benzene rings is 2. The lowest BCUT2D eigenvalue weighted by atomic mass is 9.83. The fraction of sp³-hybridized carbons (Fsp3) is 0.364. The van der Waals surface area contributed by atoms with E-state index in [4.69, 9.17) is 4.98 Å². The maximum absolute atomic E-state index is 11.9. The molecular formula is C22H24N4O. The van der Waals surface area contributed by atoms with Gasteiger partial charge in [0, 0.05) is 24.7 Å². The number of para-hydroxylation sites is 2. The normalized spacial score (nSPS) is 24.3. The maximum Gasteiger partial charge on any atom is 0.251 e. The molecule has 1 amide bonds. The minimum absolute atomic E-state index is 0.0626. The number of nitrogens with one attached hydrogen (secondary N) is 1. The van der Waals surface area contributed by atoms with Crippen LogP contribution in [0.1, 0.15) is 29.2 Å². The molecule has 5 nitrogen and oxygen atoms in total. The van der Waals surface area contributed by atoms with Gasteiger partial charge in [0.2, 0.25) is 0 Å². The largest absolute Gasteiger partial charge is 0.355 e. The first-order chi connectivity index (χ1) is 13.2. The first-order valence-electron chi connectivity index (χ1n) is 9.76. The summed E-state index contributed by atoms with van der Waals surface area (Å²) in [4.78, 5) is 19.4. The topological polar surface area (TPSA) is 50.2 Å². The Labute approximate surface area is 159 Å². The summed E-state index contributed by atoms with van der Waals surface area (Å²) in [5.41, 5.74) is 3.99. The number of hydrogen-bond donors (Lipinski definition) is 1. The number of carbonyl (C=O) groups is 1. The second-order valence-corrected chi connectivity index (χ2v) is 7.66. The van der Waals surface area contributed by atoms with E-state index in [0.717, 1.165) is 29.4 Å². The maximum atomic E-state index is 11.9. The molecule has 27 heavy (non-hydrogen) atoms. The Morgan fingerprint density at radius 3 is 2.48 bits per heavy atom. The van der Waals surface area contributed by atoms with Gasteiger partial charge in [0.05, 0.1) is 17.1 Å². The van der Waals surface area contributed by atoms with Crippen LogP contribution in [0, 0.1) is 5.92 Å². The molecule has 3 aliphatic heterocycles. The third kappa shape index (κ3) is 2.73. The molecule has 1 aromatic heterocycles. The van der Waals surface area contributed by atoms with Crippen molar-refractivity contribution >= 4 is 16.9 Å². The van der Waals surface area contributed by atoms with Crippen molar-refractivity contribution in [2.45, 2.75) is 18.9 Å². The van der Waals surface area contributed by atoms with E-state index < -0.39 is 0 Å². The molecule has 0 radical (unpaired) electrons. The summed E-state index contributed by atoms with van der Waals surface area (Å²) in [6, 6.07) is 16.7. The number of fused-ring (bicyclic) bond motifs is 4. The van der Waals surface area contributed by atoms with Gasteiger partial charge in [-0.2, -0.15) is 0 Å². The lowest BCUT2D eigenvalue weighted by Gasteiger charge is -2.45. The SMILES string of the molecule is CNC(=O)c1ccc(-c2nc3ccccc3n2[C@H]2CN3CCC2CC3)cc1. The molecule has 3 aromatic rings. The third-order valence-electron chi connectivity index (χ3n) is 6.18. The van der Waals surface area contributed by atoms with E-state index in [1.165, 1.54) is 31.4 Å². The number of amides is 1. The van der Waals surface area contributed by atoms with E-state index in [9.17, 15) is 4.79 Å². The van der Waals surface area contributed by atoms with Crippen molar-refractivity contribution < 1.29 is 4.79 Å². The Morgan fingerprint density at radius 1 is 1.07 bits per heavy atom. The number of rotatable bonds is 3. The van der Waals surface area contributed by atoms with E-state index in [1.807, 2.05) is 24.3 Å². The Kier molecular flexibility index (Phi) is 3.97. The minimum atomic E-state index is -0.0626. The van der Waals surface area contributed by atoms with Crippen molar-refractivity contribution in [2.24, 2.45) is 5.92 Å². The zero-order valence-electron chi connectivity index (χ0n) is 15.6. The fourth-order valence-electron chi connectivity index (χ4n) is 4.73. The van der Waals surface area contributed by atoms with Gasteiger partial charge >= 0.3 is 0 Å². The van der Waals surface area contributed by atoms with Crippen molar-refractivity contribution in [3.05, 3.63) is 54.1 Å². The van der Waals surface area contributed by atoms with E-state index in [1.54, 1.807) is 7.05 Å². The van der Waals surface area contributed by atoms with Crippen molar-refractivity contribution in [3.8, 4) is 11.4 Å². The molecule has 1 N–H and O–H groups in total. The highest BCUT2D eigenvalue weighted by Gasteiger charge is 2.37. The van der Waals surface area contributed by atoms with Gasteiger partial charge in [-0.3, -0.25) is 4.79 Å².